The van der Waals surface area contributed by atoms with Crippen LogP contribution in [0.4, 0.5) is 5.95 Å². The number of halogens is 1. The van der Waals surface area contributed by atoms with Crippen LogP contribution in [-0.2, 0) is 13.3 Å². The molecule has 1 amide bonds. The molecule has 9 heteroatoms. The van der Waals surface area contributed by atoms with Crippen molar-refractivity contribution in [3.05, 3.63) is 88.5 Å². The smallest absolute Gasteiger partial charge is 0.278 e. The Kier molecular flexibility index (Phi) is 5.99. The van der Waals surface area contributed by atoms with Crippen molar-refractivity contribution in [3.63, 3.8) is 0 Å². The Hall–Kier alpha value is -3.65. The van der Waals surface area contributed by atoms with Gasteiger partial charge in [0.2, 0.25) is 5.95 Å². The number of ether oxygens (including phenoxy) is 1. The fourth-order valence-corrected chi connectivity index (χ4v) is 3.34. The van der Waals surface area contributed by atoms with E-state index in [9.17, 15) is 4.79 Å². The molecular weight excluding hydrogens is 416 g/mol. The molecule has 0 aliphatic heterocycles. The second-order valence-electron chi connectivity index (χ2n) is 7.19. The van der Waals surface area contributed by atoms with E-state index >= 15 is 0 Å². The van der Waals surface area contributed by atoms with E-state index in [1.165, 1.54) is 0 Å². The van der Waals surface area contributed by atoms with Gasteiger partial charge in [0.15, 0.2) is 12.4 Å². The van der Waals surface area contributed by atoms with Crippen LogP contribution in [0.1, 0.15) is 27.2 Å². The molecule has 0 bridgehead atoms. The maximum Gasteiger partial charge on any atom is 0.278 e. The first-order valence-electron chi connectivity index (χ1n) is 9.64. The number of aromatic nitrogens is 5. The molecule has 1 N–H and O–H groups in total. The number of carbonyl (C=O) groups excluding carboxylic acids is 1. The van der Waals surface area contributed by atoms with E-state index in [-0.39, 0.29) is 18.4 Å². The highest BCUT2D eigenvalue weighted by atomic mass is 35.5. The van der Waals surface area contributed by atoms with Gasteiger partial charge in [-0.05, 0) is 60.9 Å². The van der Waals surface area contributed by atoms with Crippen LogP contribution in [0.25, 0.3) is 0 Å². The first-order chi connectivity index (χ1) is 14.9. The van der Waals surface area contributed by atoms with Gasteiger partial charge in [-0.2, -0.15) is 5.10 Å². The summed E-state index contributed by atoms with van der Waals surface area (Å²) in [4.78, 5) is 16.6. The van der Waals surface area contributed by atoms with Crippen molar-refractivity contribution in [2.45, 2.75) is 27.1 Å². The van der Waals surface area contributed by atoms with E-state index in [1.54, 1.807) is 28.0 Å². The normalized spacial score (nSPS) is 10.8. The van der Waals surface area contributed by atoms with E-state index < -0.39 is 5.91 Å². The second kappa shape index (κ2) is 9.01. The summed E-state index contributed by atoms with van der Waals surface area (Å²) >= 11 is 6.01. The molecule has 2 aromatic carbocycles. The summed E-state index contributed by atoms with van der Waals surface area (Å²) in [6.45, 7) is 4.72. The Bertz CT molecular complexity index is 1200. The van der Waals surface area contributed by atoms with E-state index in [0.717, 1.165) is 22.4 Å². The Morgan fingerprint density at radius 2 is 1.87 bits per heavy atom. The monoisotopic (exact) mass is 436 g/mol. The minimum atomic E-state index is -0.398. The van der Waals surface area contributed by atoms with Gasteiger partial charge < -0.3 is 4.74 Å². The van der Waals surface area contributed by atoms with Crippen LogP contribution in [0.3, 0.4) is 0 Å². The predicted molar refractivity (Wildman–Crippen MR) is 117 cm³/mol. The van der Waals surface area contributed by atoms with Crippen LogP contribution in [0.15, 0.2) is 61.1 Å². The third kappa shape index (κ3) is 5.49. The van der Waals surface area contributed by atoms with E-state index in [4.69, 9.17) is 16.3 Å². The van der Waals surface area contributed by atoms with Crippen LogP contribution in [0, 0.1) is 13.8 Å². The molecule has 4 rings (SSSR count). The van der Waals surface area contributed by atoms with Crippen molar-refractivity contribution in [2.75, 3.05) is 5.32 Å². The topological polar surface area (TPSA) is 86.9 Å². The fraction of sp³-hybridized carbons (Fsp3) is 0.182. The number of amides is 1. The van der Waals surface area contributed by atoms with E-state index in [1.807, 2.05) is 50.2 Å². The van der Waals surface area contributed by atoms with Crippen LogP contribution in [-0.4, -0.2) is 30.5 Å². The van der Waals surface area contributed by atoms with Crippen molar-refractivity contribution < 1.29 is 9.53 Å². The van der Waals surface area contributed by atoms with Crippen LogP contribution < -0.4 is 10.1 Å². The molecule has 0 unspecified atom stereocenters. The number of nitrogens with one attached hydrogen (secondary N) is 1. The summed E-state index contributed by atoms with van der Waals surface area (Å²) in [6.07, 6.45) is 3.23. The molecule has 0 radical (unpaired) electrons. The molecule has 158 valence electrons. The number of rotatable bonds is 7. The highest BCUT2D eigenvalue weighted by Gasteiger charge is 2.13. The zero-order valence-corrected chi connectivity index (χ0v) is 17.9. The number of anilines is 1. The Balaban J connectivity index is 1.34. The number of hydrogen-bond acceptors (Lipinski definition) is 5. The summed E-state index contributed by atoms with van der Waals surface area (Å²) in [5.74, 6) is 0.562. The molecule has 0 saturated heterocycles. The van der Waals surface area contributed by atoms with Gasteiger partial charge in [0.1, 0.15) is 12.1 Å². The molecule has 4 aromatic rings. The van der Waals surface area contributed by atoms with E-state index in [2.05, 4.69) is 26.6 Å². The lowest BCUT2D eigenvalue weighted by molar-refractivity contribution is 0.101. The average Bonchev–Trinajstić information content (AvgIpc) is 3.35. The Morgan fingerprint density at radius 3 is 2.65 bits per heavy atom. The molecular formula is C22H21ClN6O2. The van der Waals surface area contributed by atoms with Crippen LogP contribution >= 0.6 is 11.6 Å². The first kappa shape index (κ1) is 20.6. The number of nitrogens with zero attached hydrogens (tertiary/aromatic N) is 5. The molecule has 2 heterocycles. The minimum Gasteiger partial charge on any atom is -0.471 e. The summed E-state index contributed by atoms with van der Waals surface area (Å²) < 4.78 is 8.94. The van der Waals surface area contributed by atoms with Gasteiger partial charge >= 0.3 is 0 Å². The second-order valence-corrected chi connectivity index (χ2v) is 7.62. The quantitative estimate of drug-likeness (QED) is 0.471. The standard InChI is InChI=1S/C22H21ClN6O2/c1-15-8-16(2)10-19(9-15)31-14-28-7-6-20(26-28)21(30)25-22-24-13-29(27-22)12-17-4-3-5-18(23)11-17/h3-11,13H,12,14H2,1-2H3,(H,25,27,30). The van der Waals surface area contributed by atoms with Gasteiger partial charge in [-0.3, -0.25) is 10.1 Å². The number of benzene rings is 2. The summed E-state index contributed by atoms with van der Waals surface area (Å²) in [6, 6.07) is 15.1. The summed E-state index contributed by atoms with van der Waals surface area (Å²) in [5.41, 5.74) is 3.48. The SMILES string of the molecule is Cc1cc(C)cc(OCn2ccc(C(=O)Nc3ncn(Cc4cccc(Cl)c4)n3)n2)c1. The molecule has 2 aromatic heterocycles. The number of carbonyl (C=O) groups is 1. The van der Waals surface area contributed by atoms with Gasteiger partial charge in [-0.15, -0.1) is 5.10 Å². The van der Waals surface area contributed by atoms with Gasteiger partial charge in [0.25, 0.3) is 5.91 Å². The zero-order valence-electron chi connectivity index (χ0n) is 17.1. The summed E-state index contributed by atoms with van der Waals surface area (Å²) in [5, 5.41) is 11.8. The molecule has 0 saturated carbocycles. The van der Waals surface area contributed by atoms with Crippen LogP contribution in [0.2, 0.25) is 5.02 Å². The maximum absolute atomic E-state index is 12.5. The molecule has 0 aliphatic rings. The molecule has 8 nitrogen and oxygen atoms in total. The summed E-state index contributed by atoms with van der Waals surface area (Å²) in [7, 11) is 0. The highest BCUT2D eigenvalue weighted by molar-refractivity contribution is 6.30. The zero-order chi connectivity index (χ0) is 21.8. The largest absolute Gasteiger partial charge is 0.471 e. The number of aryl methyl sites for hydroxylation is 2. The van der Waals surface area contributed by atoms with Crippen molar-refractivity contribution in [2.24, 2.45) is 0 Å². The molecule has 0 atom stereocenters. The van der Waals surface area contributed by atoms with Crippen molar-refractivity contribution in [3.8, 4) is 5.75 Å². The average molecular weight is 437 g/mol. The van der Waals surface area contributed by atoms with Crippen molar-refractivity contribution >= 4 is 23.5 Å². The van der Waals surface area contributed by atoms with E-state index in [0.29, 0.717) is 11.6 Å². The van der Waals surface area contributed by atoms with Gasteiger partial charge in [-0.1, -0.05) is 29.8 Å². The van der Waals surface area contributed by atoms with Crippen molar-refractivity contribution in [1.29, 1.82) is 0 Å². The van der Waals surface area contributed by atoms with Crippen molar-refractivity contribution in [1.82, 2.24) is 24.5 Å². The fourth-order valence-electron chi connectivity index (χ4n) is 3.13. The maximum atomic E-state index is 12.5. The van der Waals surface area contributed by atoms with Crippen LogP contribution in [0.5, 0.6) is 5.75 Å². The van der Waals surface area contributed by atoms with Gasteiger partial charge in [0, 0.05) is 11.2 Å². The number of hydrogen-bond donors (Lipinski definition) is 1. The third-order valence-corrected chi connectivity index (χ3v) is 4.66. The Labute approximate surface area is 184 Å². The third-order valence-electron chi connectivity index (χ3n) is 4.43. The lowest BCUT2D eigenvalue weighted by atomic mass is 10.1. The first-order valence-corrected chi connectivity index (χ1v) is 10.0. The van der Waals surface area contributed by atoms with Gasteiger partial charge in [-0.25, -0.2) is 14.3 Å². The lowest BCUT2D eigenvalue weighted by Gasteiger charge is -2.08. The molecule has 31 heavy (non-hydrogen) atoms. The van der Waals surface area contributed by atoms with Gasteiger partial charge in [0.05, 0.1) is 6.54 Å². The minimum absolute atomic E-state index is 0.197. The predicted octanol–water partition coefficient (Wildman–Crippen LogP) is 4.08. The Morgan fingerprint density at radius 1 is 1.06 bits per heavy atom. The highest BCUT2D eigenvalue weighted by Crippen LogP contribution is 2.17. The lowest BCUT2D eigenvalue weighted by Crippen LogP contribution is -2.15. The molecule has 0 fully saturated rings. The molecule has 0 spiro atoms. The molecule has 0 aliphatic carbocycles.